The zero-order chi connectivity index (χ0) is 33.9. The Morgan fingerprint density at radius 2 is 0.604 bits per heavy atom. The Morgan fingerprint density at radius 1 is 0.375 bits per heavy atom. The standard InChI is InChI=1S/C39H30O7S2/c1-27-3-19-35(20-4-27)47(41,42)37-23-15-33(16-24-37)45-31-11-7-29(8-12-31)39(40)30-9-13-32(14-10-30)46-34-17-25-38(26-18-34)48(43,44)36-21-5-28(2)6-22-36/h3-26H,1-2H3. The SMILES string of the molecule is Cc1ccc(S(=O)(=O)c2ccc(Oc3ccc(C(=O)c4ccc(Oc5ccc(S(=O)(=O)c6ccc(C)cc6)cc5)cc4)cc3)cc2)cc1. The van der Waals surface area contributed by atoms with Gasteiger partial charge in [-0.3, -0.25) is 4.79 Å². The van der Waals surface area contributed by atoms with Crippen LogP contribution in [0.5, 0.6) is 23.0 Å². The first-order chi connectivity index (χ1) is 23.0. The Balaban J connectivity index is 1.06. The van der Waals surface area contributed by atoms with Crippen molar-refractivity contribution in [1.82, 2.24) is 0 Å². The topological polar surface area (TPSA) is 104 Å². The predicted octanol–water partition coefficient (Wildman–Crippen LogP) is 8.78. The first-order valence-electron chi connectivity index (χ1n) is 14.9. The van der Waals surface area contributed by atoms with Crippen LogP contribution in [0, 0.1) is 13.8 Å². The molecule has 0 aromatic heterocycles. The van der Waals surface area contributed by atoms with Gasteiger partial charge in [-0.25, -0.2) is 16.8 Å². The number of carbonyl (C=O) groups excluding carboxylic acids is 1. The lowest BCUT2D eigenvalue weighted by molar-refractivity contribution is 0.103. The fraction of sp³-hybridized carbons (Fsp3) is 0.0513. The lowest BCUT2D eigenvalue weighted by Gasteiger charge is -2.10. The Labute approximate surface area is 279 Å². The van der Waals surface area contributed by atoms with Crippen molar-refractivity contribution in [1.29, 1.82) is 0 Å². The van der Waals surface area contributed by atoms with E-state index in [1.54, 1.807) is 121 Å². The Bertz CT molecular complexity index is 2110. The summed E-state index contributed by atoms with van der Waals surface area (Å²) in [7, 11) is -7.29. The van der Waals surface area contributed by atoms with E-state index >= 15 is 0 Å². The number of ketones is 1. The fourth-order valence-corrected chi connectivity index (χ4v) is 7.39. The van der Waals surface area contributed by atoms with Gasteiger partial charge in [0.1, 0.15) is 23.0 Å². The van der Waals surface area contributed by atoms with Crippen LogP contribution in [-0.2, 0) is 19.7 Å². The van der Waals surface area contributed by atoms with E-state index in [1.807, 2.05) is 13.8 Å². The van der Waals surface area contributed by atoms with Crippen molar-refractivity contribution in [2.75, 3.05) is 0 Å². The summed E-state index contributed by atoms with van der Waals surface area (Å²) >= 11 is 0. The van der Waals surface area contributed by atoms with Crippen LogP contribution in [0.15, 0.2) is 165 Å². The quantitative estimate of drug-likeness (QED) is 0.134. The van der Waals surface area contributed by atoms with Gasteiger partial charge in [-0.2, -0.15) is 0 Å². The minimum Gasteiger partial charge on any atom is -0.457 e. The third-order valence-electron chi connectivity index (χ3n) is 7.64. The molecule has 7 nitrogen and oxygen atoms in total. The predicted molar refractivity (Wildman–Crippen MR) is 183 cm³/mol. The molecule has 0 atom stereocenters. The number of hydrogen-bond acceptors (Lipinski definition) is 7. The van der Waals surface area contributed by atoms with Gasteiger partial charge in [-0.1, -0.05) is 35.4 Å². The summed E-state index contributed by atoms with van der Waals surface area (Å²) in [5.74, 6) is 1.69. The van der Waals surface area contributed by atoms with Gasteiger partial charge in [0.2, 0.25) is 19.7 Å². The average molecular weight is 675 g/mol. The van der Waals surface area contributed by atoms with E-state index in [0.29, 0.717) is 34.1 Å². The minimum absolute atomic E-state index is 0.165. The summed E-state index contributed by atoms with van der Waals surface area (Å²) in [6.07, 6.45) is 0. The van der Waals surface area contributed by atoms with Gasteiger partial charge in [0.25, 0.3) is 0 Å². The molecule has 0 unspecified atom stereocenters. The zero-order valence-electron chi connectivity index (χ0n) is 26.0. The van der Waals surface area contributed by atoms with Crippen LogP contribution < -0.4 is 9.47 Å². The fourth-order valence-electron chi connectivity index (χ4n) is 4.87. The summed E-state index contributed by atoms with van der Waals surface area (Å²) in [5.41, 5.74) is 2.87. The molecule has 0 aliphatic rings. The second-order valence-corrected chi connectivity index (χ2v) is 15.1. The molecule has 0 N–H and O–H groups in total. The molecular weight excluding hydrogens is 645 g/mol. The summed E-state index contributed by atoms with van der Waals surface area (Å²) < 4.78 is 63.5. The van der Waals surface area contributed by atoms with Crippen molar-refractivity contribution in [3.05, 3.63) is 168 Å². The number of ether oxygens (including phenoxy) is 2. The molecule has 0 heterocycles. The smallest absolute Gasteiger partial charge is 0.206 e. The normalized spacial score (nSPS) is 11.5. The van der Waals surface area contributed by atoms with Gasteiger partial charge < -0.3 is 9.47 Å². The minimum atomic E-state index is -3.64. The Kier molecular flexibility index (Phi) is 8.99. The number of rotatable bonds is 10. The highest BCUT2D eigenvalue weighted by atomic mass is 32.2. The summed E-state index contributed by atoms with van der Waals surface area (Å²) in [5, 5.41) is 0. The van der Waals surface area contributed by atoms with E-state index < -0.39 is 19.7 Å². The van der Waals surface area contributed by atoms with Crippen molar-refractivity contribution in [2.45, 2.75) is 33.4 Å². The highest BCUT2D eigenvalue weighted by Crippen LogP contribution is 2.29. The zero-order valence-corrected chi connectivity index (χ0v) is 27.7. The maximum Gasteiger partial charge on any atom is 0.206 e. The van der Waals surface area contributed by atoms with Crippen molar-refractivity contribution in [3.63, 3.8) is 0 Å². The molecule has 0 spiro atoms. The molecule has 0 aliphatic carbocycles. The molecule has 240 valence electrons. The van der Waals surface area contributed by atoms with Gasteiger partial charge in [0, 0.05) is 11.1 Å². The molecule has 0 amide bonds. The maximum absolute atomic E-state index is 13.1. The number of benzene rings is 6. The van der Waals surface area contributed by atoms with Gasteiger partial charge in [-0.15, -0.1) is 0 Å². The van der Waals surface area contributed by atoms with Crippen molar-refractivity contribution >= 4 is 25.5 Å². The summed E-state index contributed by atoms with van der Waals surface area (Å²) in [6.45, 7) is 3.79. The monoisotopic (exact) mass is 674 g/mol. The number of sulfone groups is 2. The van der Waals surface area contributed by atoms with E-state index in [-0.39, 0.29) is 25.4 Å². The van der Waals surface area contributed by atoms with E-state index in [2.05, 4.69) is 0 Å². The second-order valence-electron chi connectivity index (χ2n) is 11.2. The lowest BCUT2D eigenvalue weighted by Crippen LogP contribution is -2.02. The van der Waals surface area contributed by atoms with E-state index in [9.17, 15) is 21.6 Å². The third kappa shape index (κ3) is 7.07. The van der Waals surface area contributed by atoms with Gasteiger partial charge in [0.15, 0.2) is 5.78 Å². The molecular formula is C39H30O7S2. The van der Waals surface area contributed by atoms with Crippen LogP contribution in [0.2, 0.25) is 0 Å². The third-order valence-corrected chi connectivity index (χ3v) is 11.2. The molecule has 6 aromatic rings. The van der Waals surface area contributed by atoms with Crippen molar-refractivity contribution in [2.24, 2.45) is 0 Å². The van der Waals surface area contributed by atoms with Crippen LogP contribution >= 0.6 is 0 Å². The number of aryl methyl sites for hydroxylation is 2. The highest BCUT2D eigenvalue weighted by Gasteiger charge is 2.19. The average Bonchev–Trinajstić information content (AvgIpc) is 3.09. The summed E-state index contributed by atoms with van der Waals surface area (Å²) in [6, 6.07) is 39.1. The van der Waals surface area contributed by atoms with Crippen LogP contribution in [0.1, 0.15) is 27.0 Å². The highest BCUT2D eigenvalue weighted by molar-refractivity contribution is 7.91. The van der Waals surface area contributed by atoms with Crippen LogP contribution in [0.25, 0.3) is 0 Å². The van der Waals surface area contributed by atoms with Gasteiger partial charge in [0.05, 0.1) is 19.6 Å². The van der Waals surface area contributed by atoms with Crippen LogP contribution in [0.3, 0.4) is 0 Å². The Morgan fingerprint density at radius 3 is 0.875 bits per heavy atom. The first kappa shape index (κ1) is 32.4. The largest absolute Gasteiger partial charge is 0.457 e. The van der Waals surface area contributed by atoms with Crippen molar-refractivity contribution < 1.29 is 31.1 Å². The van der Waals surface area contributed by atoms with E-state index in [1.165, 1.54) is 24.3 Å². The van der Waals surface area contributed by atoms with Gasteiger partial charge >= 0.3 is 0 Å². The molecule has 0 fully saturated rings. The molecule has 6 aromatic carbocycles. The number of hydrogen-bond donors (Lipinski definition) is 0. The van der Waals surface area contributed by atoms with Crippen LogP contribution in [-0.4, -0.2) is 22.6 Å². The van der Waals surface area contributed by atoms with Crippen LogP contribution in [0.4, 0.5) is 0 Å². The number of carbonyl (C=O) groups is 1. The summed E-state index contributed by atoms with van der Waals surface area (Å²) in [4.78, 5) is 13.9. The molecule has 0 bridgehead atoms. The second kappa shape index (κ2) is 13.3. The maximum atomic E-state index is 13.1. The van der Waals surface area contributed by atoms with Gasteiger partial charge in [-0.05, 0) is 135 Å². The molecule has 0 radical (unpaired) electrons. The first-order valence-corrected chi connectivity index (χ1v) is 17.9. The van der Waals surface area contributed by atoms with Crippen molar-refractivity contribution in [3.8, 4) is 23.0 Å². The molecule has 48 heavy (non-hydrogen) atoms. The van der Waals surface area contributed by atoms with E-state index in [0.717, 1.165) is 11.1 Å². The van der Waals surface area contributed by atoms with E-state index in [4.69, 9.17) is 9.47 Å². The Hall–Kier alpha value is -5.51. The molecule has 9 heteroatoms. The molecule has 0 saturated heterocycles. The lowest BCUT2D eigenvalue weighted by atomic mass is 10.0. The molecule has 0 saturated carbocycles. The molecule has 6 rings (SSSR count). The molecule has 0 aliphatic heterocycles.